The van der Waals surface area contributed by atoms with Gasteiger partial charge in [-0.3, -0.25) is 14.4 Å². The van der Waals surface area contributed by atoms with Crippen molar-refractivity contribution in [2.24, 2.45) is 0 Å². The Labute approximate surface area is 171 Å². The molecule has 0 saturated carbocycles. The number of amides is 2. The van der Waals surface area contributed by atoms with Gasteiger partial charge in [0, 0.05) is 25.7 Å². The third kappa shape index (κ3) is 4.96. The Hall–Kier alpha value is -3.82. The molecule has 0 fully saturated rings. The number of methoxy groups -OCH3 is 1. The summed E-state index contributed by atoms with van der Waals surface area (Å²) in [5.41, 5.74) is 1.72. The van der Waals surface area contributed by atoms with Crippen LogP contribution in [-0.2, 0) is 16.1 Å². The van der Waals surface area contributed by atoms with E-state index in [9.17, 15) is 18.8 Å². The first-order chi connectivity index (χ1) is 14.5. The minimum atomic E-state index is -0.460. The first kappa shape index (κ1) is 20.9. The molecule has 10 heteroatoms. The van der Waals surface area contributed by atoms with Gasteiger partial charge in [-0.15, -0.1) is 0 Å². The summed E-state index contributed by atoms with van der Waals surface area (Å²) in [5.74, 6) is -1.55. The zero-order valence-electron chi connectivity index (χ0n) is 16.2. The molecular formula is C20H20FN5O4. The van der Waals surface area contributed by atoms with Crippen LogP contribution in [0.1, 0.15) is 39.3 Å². The summed E-state index contributed by atoms with van der Waals surface area (Å²) in [6.45, 7) is 0.482. The molecule has 3 aromatic rings. The fourth-order valence-corrected chi connectivity index (χ4v) is 2.78. The molecular weight excluding hydrogens is 393 g/mol. The summed E-state index contributed by atoms with van der Waals surface area (Å²) in [5, 5.41) is 5.41. The van der Waals surface area contributed by atoms with E-state index in [1.165, 1.54) is 31.8 Å². The maximum Gasteiger partial charge on any atom is 0.305 e. The molecule has 2 heterocycles. The Balaban J connectivity index is 1.66. The van der Waals surface area contributed by atoms with Gasteiger partial charge >= 0.3 is 5.97 Å². The summed E-state index contributed by atoms with van der Waals surface area (Å²) in [4.78, 5) is 47.1. The minimum absolute atomic E-state index is 0.0897. The molecule has 2 aromatic heterocycles. The predicted octanol–water partition coefficient (Wildman–Crippen LogP) is 1.71. The molecule has 1 aromatic carbocycles. The lowest BCUT2D eigenvalue weighted by molar-refractivity contribution is -0.140. The van der Waals surface area contributed by atoms with Crippen LogP contribution < -0.4 is 10.6 Å². The smallest absolute Gasteiger partial charge is 0.305 e. The van der Waals surface area contributed by atoms with Gasteiger partial charge in [-0.05, 0) is 24.1 Å². The van der Waals surface area contributed by atoms with Crippen molar-refractivity contribution >= 4 is 28.8 Å². The number of halogens is 1. The number of H-pyrrole nitrogens is 1. The molecule has 0 saturated heterocycles. The van der Waals surface area contributed by atoms with Crippen LogP contribution >= 0.6 is 0 Å². The highest BCUT2D eigenvalue weighted by atomic mass is 19.1. The summed E-state index contributed by atoms with van der Waals surface area (Å²) in [7, 11) is 1.31. The van der Waals surface area contributed by atoms with E-state index in [0.29, 0.717) is 17.5 Å². The van der Waals surface area contributed by atoms with Crippen LogP contribution in [0.15, 0.2) is 36.8 Å². The van der Waals surface area contributed by atoms with Gasteiger partial charge in [0.2, 0.25) is 0 Å². The molecule has 0 atom stereocenters. The number of nitrogens with one attached hydrogen (secondary N) is 3. The molecule has 0 aliphatic heterocycles. The molecule has 156 valence electrons. The van der Waals surface area contributed by atoms with Crippen molar-refractivity contribution in [1.82, 2.24) is 25.6 Å². The van der Waals surface area contributed by atoms with Gasteiger partial charge in [-0.2, -0.15) is 0 Å². The molecule has 0 aliphatic rings. The monoisotopic (exact) mass is 413 g/mol. The van der Waals surface area contributed by atoms with Crippen molar-refractivity contribution in [3.8, 4) is 0 Å². The Morgan fingerprint density at radius 2 is 1.87 bits per heavy atom. The molecule has 0 bridgehead atoms. The van der Waals surface area contributed by atoms with Crippen LogP contribution in [0.3, 0.4) is 0 Å². The lowest BCUT2D eigenvalue weighted by Crippen LogP contribution is -2.25. The zero-order chi connectivity index (χ0) is 21.5. The topological polar surface area (TPSA) is 126 Å². The van der Waals surface area contributed by atoms with Crippen molar-refractivity contribution in [2.75, 3.05) is 13.7 Å². The van der Waals surface area contributed by atoms with Crippen molar-refractivity contribution in [1.29, 1.82) is 0 Å². The molecule has 0 spiro atoms. The van der Waals surface area contributed by atoms with Gasteiger partial charge in [0.15, 0.2) is 5.69 Å². The molecule has 3 rings (SSSR count). The van der Waals surface area contributed by atoms with Crippen LogP contribution in [0.4, 0.5) is 4.39 Å². The maximum absolute atomic E-state index is 13.0. The lowest BCUT2D eigenvalue weighted by atomic mass is 10.2. The first-order valence-electron chi connectivity index (χ1n) is 9.19. The number of nitrogens with zero attached hydrogens (tertiary/aromatic N) is 2. The average molecular weight is 413 g/mol. The summed E-state index contributed by atoms with van der Waals surface area (Å²) >= 11 is 0. The number of fused-ring (bicyclic) bond motifs is 1. The van der Waals surface area contributed by atoms with E-state index in [1.54, 1.807) is 12.1 Å². The van der Waals surface area contributed by atoms with E-state index in [1.807, 2.05) is 0 Å². The van der Waals surface area contributed by atoms with Crippen LogP contribution in [0, 0.1) is 5.82 Å². The average Bonchev–Trinajstić information content (AvgIpc) is 3.20. The number of hydrogen-bond donors (Lipinski definition) is 3. The highest BCUT2D eigenvalue weighted by molar-refractivity contribution is 6.10. The Morgan fingerprint density at radius 1 is 1.10 bits per heavy atom. The molecule has 9 nitrogen and oxygen atoms in total. The van der Waals surface area contributed by atoms with Gasteiger partial charge in [-0.1, -0.05) is 12.1 Å². The van der Waals surface area contributed by atoms with E-state index in [4.69, 9.17) is 0 Å². The molecule has 0 radical (unpaired) electrons. The van der Waals surface area contributed by atoms with Gasteiger partial charge in [0.25, 0.3) is 11.8 Å². The quantitative estimate of drug-likeness (QED) is 0.381. The van der Waals surface area contributed by atoms with E-state index < -0.39 is 5.91 Å². The summed E-state index contributed by atoms with van der Waals surface area (Å²) in [6, 6.07) is 5.77. The van der Waals surface area contributed by atoms with Crippen molar-refractivity contribution < 1.29 is 23.5 Å². The van der Waals surface area contributed by atoms with Crippen molar-refractivity contribution in [3.05, 3.63) is 59.4 Å². The number of benzene rings is 1. The second kappa shape index (κ2) is 9.59. The van der Waals surface area contributed by atoms with E-state index in [-0.39, 0.29) is 48.5 Å². The van der Waals surface area contributed by atoms with Gasteiger partial charge in [0.05, 0.1) is 18.2 Å². The van der Waals surface area contributed by atoms with E-state index >= 15 is 0 Å². The highest BCUT2D eigenvalue weighted by Crippen LogP contribution is 2.18. The number of carbonyl (C=O) groups is 3. The Morgan fingerprint density at radius 3 is 2.60 bits per heavy atom. The number of carbonyl (C=O) groups excluding carboxylic acids is 3. The number of aromatic nitrogens is 3. The first-order valence-corrected chi connectivity index (χ1v) is 9.19. The molecule has 0 aliphatic carbocycles. The molecule has 2 amide bonds. The minimum Gasteiger partial charge on any atom is -0.469 e. The Bertz CT molecular complexity index is 1060. The highest BCUT2D eigenvalue weighted by Gasteiger charge is 2.19. The standard InChI is InChI=1S/C20H20FN5O4/c1-30-15(27)3-2-8-22-19(28)14-10-23-17-16(14)25-11-26-18(17)20(29)24-9-12-4-6-13(21)7-5-12/h4-7,10-11,23H,2-3,8-9H2,1H3,(H,22,28)(H,24,29). The molecule has 30 heavy (non-hydrogen) atoms. The molecule has 0 unspecified atom stereocenters. The number of hydrogen-bond acceptors (Lipinski definition) is 6. The SMILES string of the molecule is COC(=O)CCCNC(=O)c1c[nH]c2c(C(=O)NCc3ccc(F)cc3)ncnc12. The van der Waals surface area contributed by atoms with Gasteiger partial charge in [0.1, 0.15) is 17.7 Å². The number of aromatic amines is 1. The maximum atomic E-state index is 13.0. The Kier molecular flexibility index (Phi) is 6.68. The fraction of sp³-hybridized carbons (Fsp3) is 0.250. The number of esters is 1. The van der Waals surface area contributed by atoms with Crippen molar-refractivity contribution in [3.63, 3.8) is 0 Å². The van der Waals surface area contributed by atoms with Crippen LogP contribution in [-0.4, -0.2) is 46.4 Å². The largest absolute Gasteiger partial charge is 0.469 e. The second-order valence-electron chi connectivity index (χ2n) is 6.39. The molecule has 3 N–H and O–H groups in total. The van der Waals surface area contributed by atoms with Gasteiger partial charge in [-0.25, -0.2) is 14.4 Å². The van der Waals surface area contributed by atoms with Crippen LogP contribution in [0.2, 0.25) is 0 Å². The number of rotatable bonds is 8. The fourth-order valence-electron chi connectivity index (χ4n) is 2.78. The van der Waals surface area contributed by atoms with E-state index in [2.05, 4.69) is 30.3 Å². The van der Waals surface area contributed by atoms with Crippen LogP contribution in [0.25, 0.3) is 11.0 Å². The van der Waals surface area contributed by atoms with Crippen molar-refractivity contribution in [2.45, 2.75) is 19.4 Å². The lowest BCUT2D eigenvalue weighted by Gasteiger charge is -2.06. The van der Waals surface area contributed by atoms with E-state index in [0.717, 1.165) is 5.56 Å². The van der Waals surface area contributed by atoms with Crippen LogP contribution in [0.5, 0.6) is 0 Å². The third-order valence-electron chi connectivity index (χ3n) is 4.36. The second-order valence-corrected chi connectivity index (χ2v) is 6.39. The third-order valence-corrected chi connectivity index (χ3v) is 4.36. The number of ether oxygens (including phenoxy) is 1. The summed E-state index contributed by atoms with van der Waals surface area (Å²) in [6.07, 6.45) is 3.29. The zero-order valence-corrected chi connectivity index (χ0v) is 16.2. The summed E-state index contributed by atoms with van der Waals surface area (Å²) < 4.78 is 17.5. The normalized spacial score (nSPS) is 10.6. The predicted molar refractivity (Wildman–Crippen MR) is 105 cm³/mol. The van der Waals surface area contributed by atoms with Gasteiger partial charge < -0.3 is 20.4 Å².